The van der Waals surface area contributed by atoms with Crippen molar-refractivity contribution in [1.29, 1.82) is 0 Å². The molecule has 0 bridgehead atoms. The fourth-order valence-electron chi connectivity index (χ4n) is 3.36. The molecule has 1 aromatic heterocycles. The van der Waals surface area contributed by atoms with Gasteiger partial charge in [-0.15, -0.1) is 0 Å². The van der Waals surface area contributed by atoms with E-state index in [1.807, 2.05) is 60.7 Å². The van der Waals surface area contributed by atoms with Crippen LogP contribution >= 0.6 is 27.3 Å². The van der Waals surface area contributed by atoms with Crippen molar-refractivity contribution in [3.63, 3.8) is 0 Å². The van der Waals surface area contributed by atoms with E-state index < -0.39 is 0 Å². The van der Waals surface area contributed by atoms with Gasteiger partial charge in [-0.25, -0.2) is 9.37 Å². The van der Waals surface area contributed by atoms with Gasteiger partial charge in [0.05, 0.1) is 16.4 Å². The molecule has 0 saturated heterocycles. The van der Waals surface area contributed by atoms with Crippen molar-refractivity contribution in [2.45, 2.75) is 0 Å². The van der Waals surface area contributed by atoms with Gasteiger partial charge in [0.25, 0.3) is 5.91 Å². The molecule has 0 radical (unpaired) electrons. The Morgan fingerprint density at radius 3 is 2.62 bits per heavy atom. The lowest BCUT2D eigenvalue weighted by atomic mass is 10.0. The van der Waals surface area contributed by atoms with Crippen LogP contribution in [0, 0.1) is 5.82 Å². The first-order valence-corrected chi connectivity index (χ1v) is 11.4. The number of benzene rings is 4. The van der Waals surface area contributed by atoms with Gasteiger partial charge in [0.1, 0.15) is 5.82 Å². The Kier molecular flexibility index (Phi) is 5.51. The van der Waals surface area contributed by atoms with Crippen LogP contribution in [0.2, 0.25) is 0 Å². The summed E-state index contributed by atoms with van der Waals surface area (Å²) < 4.78 is 15.3. The number of hydrazone groups is 1. The van der Waals surface area contributed by atoms with Crippen molar-refractivity contribution >= 4 is 65.5 Å². The summed E-state index contributed by atoms with van der Waals surface area (Å²) in [4.78, 5) is 18.2. The molecule has 0 fully saturated rings. The van der Waals surface area contributed by atoms with Crippen LogP contribution in [0.5, 0.6) is 0 Å². The first kappa shape index (κ1) is 20.5. The van der Waals surface area contributed by atoms with E-state index >= 15 is 0 Å². The summed E-state index contributed by atoms with van der Waals surface area (Å²) in [5.74, 6) is -0.660. The predicted molar refractivity (Wildman–Crippen MR) is 132 cm³/mol. The van der Waals surface area contributed by atoms with Gasteiger partial charge in [-0.1, -0.05) is 75.8 Å². The second kappa shape index (κ2) is 8.61. The Labute approximate surface area is 195 Å². The lowest BCUT2D eigenvalue weighted by molar-refractivity contribution is 0.0989. The molecule has 0 aliphatic carbocycles. The number of carbonyl (C=O) groups is 1. The van der Waals surface area contributed by atoms with Crippen molar-refractivity contribution in [2.75, 3.05) is 5.01 Å². The van der Waals surface area contributed by atoms with Crippen molar-refractivity contribution in [2.24, 2.45) is 5.10 Å². The first-order chi connectivity index (χ1) is 15.6. The number of nitrogens with zero attached hydrogens (tertiary/aromatic N) is 3. The van der Waals surface area contributed by atoms with Gasteiger partial charge in [0.15, 0.2) is 0 Å². The summed E-state index contributed by atoms with van der Waals surface area (Å²) in [6.45, 7) is 0. The minimum Gasteiger partial charge on any atom is -0.267 e. The molecule has 0 spiro atoms. The van der Waals surface area contributed by atoms with Gasteiger partial charge in [-0.05, 0) is 52.7 Å². The van der Waals surface area contributed by atoms with Crippen molar-refractivity contribution in [3.8, 4) is 0 Å². The summed E-state index contributed by atoms with van der Waals surface area (Å²) in [5.41, 5.74) is 1.96. The Hall–Kier alpha value is -3.42. The molecule has 0 aliphatic heterocycles. The third-order valence-electron chi connectivity index (χ3n) is 4.93. The minimum atomic E-state index is -0.349. The summed E-state index contributed by atoms with van der Waals surface area (Å²) in [6, 6.07) is 25.2. The molecule has 5 rings (SSSR count). The van der Waals surface area contributed by atoms with Crippen LogP contribution in [-0.4, -0.2) is 17.1 Å². The highest BCUT2D eigenvalue weighted by molar-refractivity contribution is 9.10. The number of anilines is 1. The first-order valence-electron chi connectivity index (χ1n) is 9.76. The number of hydrogen-bond acceptors (Lipinski definition) is 4. The third kappa shape index (κ3) is 4.04. The Morgan fingerprint density at radius 2 is 1.78 bits per heavy atom. The minimum absolute atomic E-state index is 0.310. The van der Waals surface area contributed by atoms with E-state index in [2.05, 4.69) is 26.0 Å². The van der Waals surface area contributed by atoms with Gasteiger partial charge >= 0.3 is 0 Å². The Balaban J connectivity index is 1.62. The molecule has 0 atom stereocenters. The molecule has 0 N–H and O–H groups in total. The number of thiazole rings is 1. The number of carbonyl (C=O) groups excluding carboxylic acids is 1. The number of rotatable bonds is 4. The summed E-state index contributed by atoms with van der Waals surface area (Å²) in [7, 11) is 0. The SMILES string of the molecule is O=C(c1cccc2ccccc12)N(/N=C/c1ccc(Br)cc1)c1nc2ccc(F)cc2s1. The zero-order valence-electron chi connectivity index (χ0n) is 16.6. The molecule has 1 heterocycles. The fraction of sp³-hybridized carbons (Fsp3) is 0. The smallest absolute Gasteiger partial charge is 0.267 e. The van der Waals surface area contributed by atoms with E-state index in [4.69, 9.17) is 0 Å². The van der Waals surface area contributed by atoms with Gasteiger partial charge in [0.2, 0.25) is 5.13 Å². The topological polar surface area (TPSA) is 45.6 Å². The van der Waals surface area contributed by atoms with E-state index in [-0.39, 0.29) is 11.7 Å². The molecule has 4 nitrogen and oxygen atoms in total. The lowest BCUT2D eigenvalue weighted by Gasteiger charge is -2.15. The molecular formula is C25H15BrFN3OS. The quantitative estimate of drug-likeness (QED) is 0.195. The van der Waals surface area contributed by atoms with Gasteiger partial charge in [0, 0.05) is 10.0 Å². The average molecular weight is 504 g/mol. The molecule has 5 aromatic rings. The van der Waals surface area contributed by atoms with Gasteiger partial charge in [-0.2, -0.15) is 10.1 Å². The number of halogens is 2. The second-order valence-corrected chi connectivity index (χ2v) is 8.97. The second-order valence-electron chi connectivity index (χ2n) is 7.05. The van der Waals surface area contributed by atoms with Crippen LogP contribution in [0.15, 0.2) is 94.5 Å². The maximum Gasteiger partial charge on any atom is 0.281 e. The molecule has 32 heavy (non-hydrogen) atoms. The van der Waals surface area contributed by atoms with Crippen molar-refractivity contribution in [1.82, 2.24) is 4.98 Å². The van der Waals surface area contributed by atoms with Gasteiger partial charge < -0.3 is 0 Å². The molecule has 0 saturated carbocycles. The van der Waals surface area contributed by atoms with Crippen molar-refractivity contribution < 1.29 is 9.18 Å². The number of aromatic nitrogens is 1. The number of hydrogen-bond donors (Lipinski definition) is 0. The van der Waals surface area contributed by atoms with Gasteiger partial charge in [-0.3, -0.25) is 4.79 Å². The van der Waals surface area contributed by atoms with E-state index in [0.29, 0.717) is 20.9 Å². The van der Waals surface area contributed by atoms with Crippen LogP contribution in [0.3, 0.4) is 0 Å². The Morgan fingerprint density at radius 1 is 1.00 bits per heavy atom. The molecule has 1 amide bonds. The maximum atomic E-state index is 13.7. The van der Waals surface area contributed by atoms with Crippen LogP contribution in [0.4, 0.5) is 9.52 Å². The molecule has 7 heteroatoms. The number of fused-ring (bicyclic) bond motifs is 2. The normalized spacial score (nSPS) is 11.4. The maximum absolute atomic E-state index is 13.7. The average Bonchev–Trinajstić information content (AvgIpc) is 3.22. The van der Waals surface area contributed by atoms with E-state index in [1.165, 1.54) is 28.5 Å². The molecule has 4 aromatic carbocycles. The fourth-order valence-corrected chi connectivity index (χ4v) is 4.58. The van der Waals surface area contributed by atoms with Crippen LogP contribution < -0.4 is 5.01 Å². The highest BCUT2D eigenvalue weighted by Crippen LogP contribution is 2.31. The third-order valence-corrected chi connectivity index (χ3v) is 6.45. The Bertz CT molecular complexity index is 1470. The standard InChI is InChI=1S/C25H15BrFN3OS/c26-18-10-8-16(9-11-18)15-28-30(25-29-22-13-12-19(27)14-23(22)32-25)24(31)21-7-3-5-17-4-1-2-6-20(17)21/h1-15H/b28-15+. The van der Waals surface area contributed by atoms with E-state index in [9.17, 15) is 9.18 Å². The summed E-state index contributed by atoms with van der Waals surface area (Å²) >= 11 is 4.63. The largest absolute Gasteiger partial charge is 0.281 e. The molecule has 0 aliphatic rings. The monoisotopic (exact) mass is 503 g/mol. The lowest BCUT2D eigenvalue weighted by Crippen LogP contribution is -2.25. The highest BCUT2D eigenvalue weighted by atomic mass is 79.9. The summed E-state index contributed by atoms with van der Waals surface area (Å²) in [5, 5.41) is 7.94. The van der Waals surface area contributed by atoms with Crippen LogP contribution in [-0.2, 0) is 0 Å². The highest BCUT2D eigenvalue weighted by Gasteiger charge is 2.22. The van der Waals surface area contributed by atoms with Crippen molar-refractivity contribution in [3.05, 3.63) is 106 Å². The molecular weight excluding hydrogens is 489 g/mol. The van der Waals surface area contributed by atoms with Crippen LogP contribution in [0.1, 0.15) is 15.9 Å². The zero-order valence-corrected chi connectivity index (χ0v) is 19.0. The van der Waals surface area contributed by atoms with E-state index in [1.54, 1.807) is 18.3 Å². The molecule has 0 unspecified atom stereocenters. The molecule has 156 valence electrons. The number of amides is 1. The summed E-state index contributed by atoms with van der Waals surface area (Å²) in [6.07, 6.45) is 1.61. The predicted octanol–water partition coefficient (Wildman–Crippen LogP) is 7.03. The van der Waals surface area contributed by atoms with E-state index in [0.717, 1.165) is 20.8 Å². The van der Waals surface area contributed by atoms with Crippen LogP contribution in [0.25, 0.3) is 21.0 Å². The zero-order chi connectivity index (χ0) is 22.1.